The number of hydrogen-bond acceptors (Lipinski definition) is 9. The van der Waals surface area contributed by atoms with Gasteiger partial charge in [-0.15, -0.1) is 0 Å². The van der Waals surface area contributed by atoms with E-state index in [9.17, 15) is 5.11 Å². The smallest absolute Gasteiger partial charge is 0.300 e. The van der Waals surface area contributed by atoms with Crippen LogP contribution in [0.4, 0.5) is 0 Å². The van der Waals surface area contributed by atoms with Crippen molar-refractivity contribution in [2.24, 2.45) is 0 Å². The van der Waals surface area contributed by atoms with E-state index < -0.39 is 36.1 Å². The summed E-state index contributed by atoms with van der Waals surface area (Å²) < 4.78 is 4.43. The van der Waals surface area contributed by atoms with Crippen molar-refractivity contribution in [2.45, 2.75) is 33.2 Å². The van der Waals surface area contributed by atoms with E-state index in [4.69, 9.17) is 39.9 Å². The third-order valence-electron chi connectivity index (χ3n) is 1.02. The van der Waals surface area contributed by atoms with E-state index in [1.807, 2.05) is 0 Å². The molecule has 21 heavy (non-hydrogen) atoms. The van der Waals surface area contributed by atoms with Crippen LogP contribution >= 0.6 is 0 Å². The number of aliphatic hydroxyl groups excluding tert-OH is 2. The predicted molar refractivity (Wildman–Crippen MR) is 60.7 cm³/mol. The van der Waals surface area contributed by atoms with E-state index in [-0.39, 0.29) is 6.61 Å². The molecule has 10 nitrogen and oxygen atoms in total. The highest BCUT2D eigenvalue weighted by atomic mass is 16.6. The molecule has 1 heterocycles. The summed E-state index contributed by atoms with van der Waals surface area (Å²) >= 11 is 0. The van der Waals surface area contributed by atoms with Gasteiger partial charge in [0, 0.05) is 18.9 Å². The van der Waals surface area contributed by atoms with Crippen molar-refractivity contribution in [1.82, 2.24) is 0 Å². The van der Waals surface area contributed by atoms with Crippen molar-refractivity contribution in [2.75, 3.05) is 6.61 Å². The summed E-state index contributed by atoms with van der Waals surface area (Å²) in [6, 6.07) is 0. The number of rotatable bonds is 0. The first-order valence-corrected chi connectivity index (χ1v) is 5.31. The molecule has 0 spiro atoms. The molecule has 0 aliphatic carbocycles. The molecule has 1 rings (SSSR count). The minimum atomic E-state index is -1.37. The van der Waals surface area contributed by atoms with Crippen molar-refractivity contribution in [1.29, 1.82) is 0 Å². The molecule has 2 unspecified atom stereocenters. The Morgan fingerprint density at radius 2 is 1.43 bits per heavy atom. The molecule has 1 aliphatic rings. The summed E-state index contributed by atoms with van der Waals surface area (Å²) in [5.41, 5.74) is 0. The number of aliphatic hydroxyl groups is 2. The molecule has 0 amide bonds. The second-order valence-electron chi connectivity index (χ2n) is 3.32. The molecule has 0 bridgehead atoms. The number of carbonyl (C=O) groups excluding carboxylic acids is 2. The van der Waals surface area contributed by atoms with Crippen molar-refractivity contribution < 1.29 is 49.8 Å². The Balaban J connectivity index is -0.000000230. The average molecular weight is 309 g/mol. The molecular weight excluding hydrogens is 292 g/mol. The molecule has 0 aromatic carbocycles. The van der Waals surface area contributed by atoms with Gasteiger partial charge in [-0.1, -0.05) is 11.8 Å². The zero-order valence-corrected chi connectivity index (χ0v) is 11.6. The lowest BCUT2D eigenvalue weighted by atomic mass is 10.2. The Morgan fingerprint density at radius 3 is 1.62 bits per heavy atom. The van der Waals surface area contributed by atoms with Crippen LogP contribution in [0.3, 0.4) is 0 Å². The topological polar surface area (TPSA) is 190 Å². The van der Waals surface area contributed by atoms with Crippen molar-refractivity contribution >= 4 is 17.9 Å². The van der Waals surface area contributed by atoms with E-state index in [1.165, 1.54) is 0 Å². The average Bonchev–Trinajstić information content (AvgIpc) is 2.21. The van der Waals surface area contributed by atoms with Gasteiger partial charge in [0.1, 0.15) is 0 Å². The number of aliphatic carboxylic acids is 3. The lowest BCUT2D eigenvalue weighted by Gasteiger charge is -2.26. The van der Waals surface area contributed by atoms with Gasteiger partial charge in [0.05, 0.1) is 12.7 Å². The standard InChI is InChI=1S/C5H8O4.3C2H4O2/c6-3-1-4(7)5(8)9-2-3;3*1-2(3)4/h1,3,5-8H,2H2;3*1H3,(H,3,4)/p-3. The zero-order chi connectivity index (χ0) is 17.6. The molecule has 0 aromatic rings. The van der Waals surface area contributed by atoms with Crippen LogP contribution in [0, 0.1) is 0 Å². The van der Waals surface area contributed by atoms with Gasteiger partial charge in [0.2, 0.25) is 0 Å². The molecule has 0 saturated carbocycles. The molecule has 0 saturated heterocycles. The van der Waals surface area contributed by atoms with E-state index in [1.54, 1.807) is 0 Å². The normalized spacial score (nSPS) is 19.0. The van der Waals surface area contributed by atoms with Crippen molar-refractivity contribution in [3.63, 3.8) is 0 Å². The first kappa shape index (κ1) is 23.9. The fraction of sp³-hybridized carbons (Fsp3) is 0.545. The third kappa shape index (κ3) is 38.1. The van der Waals surface area contributed by atoms with Crippen LogP contribution in [-0.2, 0) is 19.1 Å². The van der Waals surface area contributed by atoms with E-state index in [0.717, 1.165) is 26.8 Å². The predicted octanol–water partition coefficient (Wildman–Crippen LogP) is -4.46. The van der Waals surface area contributed by atoms with Gasteiger partial charge in [-0.3, -0.25) is 4.79 Å². The first-order chi connectivity index (χ1) is 9.39. The van der Waals surface area contributed by atoms with E-state index in [0.29, 0.717) is 0 Å². The van der Waals surface area contributed by atoms with Crippen molar-refractivity contribution in [3.05, 3.63) is 11.8 Å². The van der Waals surface area contributed by atoms with Gasteiger partial charge >= 0.3 is 0 Å². The largest absolute Gasteiger partial charge is 0.872 e. The zero-order valence-electron chi connectivity index (χ0n) is 11.6. The molecule has 3 N–H and O–H groups in total. The molecule has 10 heteroatoms. The van der Waals surface area contributed by atoms with Crippen LogP contribution < -0.4 is 15.3 Å². The monoisotopic (exact) mass is 309 g/mol. The summed E-state index contributed by atoms with van der Waals surface area (Å²) in [4.78, 5) is 26.8. The van der Waals surface area contributed by atoms with Crippen LogP contribution in [0.5, 0.6) is 0 Å². The summed E-state index contributed by atoms with van der Waals surface area (Å²) in [6.45, 7) is 3.02. The molecule has 124 valence electrons. The van der Waals surface area contributed by atoms with E-state index in [2.05, 4.69) is 4.74 Å². The van der Waals surface area contributed by atoms with Crippen LogP contribution in [0.15, 0.2) is 11.8 Å². The molecule has 0 radical (unpaired) electrons. The lowest BCUT2D eigenvalue weighted by molar-refractivity contribution is -0.348. The Morgan fingerprint density at radius 1 is 1.14 bits per heavy atom. The van der Waals surface area contributed by atoms with Gasteiger partial charge in [-0.05, 0) is 13.8 Å². The number of carbonyl (C=O) groups is 3. The second kappa shape index (κ2) is 14.2. The SMILES string of the molecule is CC(=O)O.CC(=O)[O-].CC(=O)[O-].[O-]C1=CC(O)COC1O. The van der Waals surface area contributed by atoms with Gasteiger partial charge in [-0.25, -0.2) is 0 Å². The van der Waals surface area contributed by atoms with Crippen LogP contribution in [-0.4, -0.2) is 52.2 Å². The lowest BCUT2D eigenvalue weighted by Crippen LogP contribution is -2.33. The maximum absolute atomic E-state index is 10.4. The van der Waals surface area contributed by atoms with Crippen molar-refractivity contribution in [3.8, 4) is 0 Å². The van der Waals surface area contributed by atoms with Gasteiger partial charge < -0.3 is 45.0 Å². The Labute approximate surface area is 120 Å². The molecule has 2 atom stereocenters. The highest BCUT2D eigenvalue weighted by molar-refractivity contribution is 5.63. The number of hydrogen-bond donors (Lipinski definition) is 3. The second-order valence-corrected chi connectivity index (χ2v) is 3.32. The highest BCUT2D eigenvalue weighted by Crippen LogP contribution is 2.05. The number of carboxylic acids is 3. The summed E-state index contributed by atoms with van der Waals surface area (Å²) in [5, 5.41) is 52.9. The van der Waals surface area contributed by atoms with Gasteiger partial charge in [-0.2, -0.15) is 0 Å². The van der Waals surface area contributed by atoms with Gasteiger partial charge in [0.15, 0.2) is 6.29 Å². The fourth-order valence-electron chi connectivity index (χ4n) is 0.592. The molecule has 0 aromatic heterocycles. The molecule has 1 aliphatic heterocycles. The van der Waals surface area contributed by atoms with Crippen LogP contribution in [0.2, 0.25) is 0 Å². The maximum Gasteiger partial charge on any atom is 0.300 e. The minimum Gasteiger partial charge on any atom is -0.872 e. The summed E-state index contributed by atoms with van der Waals surface area (Å²) in [6.07, 6.45) is -1.19. The number of carboxylic acid groups (broad SMARTS) is 3. The van der Waals surface area contributed by atoms with Crippen LogP contribution in [0.1, 0.15) is 20.8 Å². The van der Waals surface area contributed by atoms with Crippen LogP contribution in [0.25, 0.3) is 0 Å². The fourth-order valence-corrected chi connectivity index (χ4v) is 0.592. The molecular formula is C11H17O10-3. The quantitative estimate of drug-likeness (QED) is 0.393. The Bertz CT molecular complexity index is 308. The highest BCUT2D eigenvalue weighted by Gasteiger charge is 2.12. The maximum atomic E-state index is 10.4. The van der Waals surface area contributed by atoms with E-state index >= 15 is 0 Å². The Kier molecular flexibility index (Phi) is 16.2. The van der Waals surface area contributed by atoms with Gasteiger partial charge in [0.25, 0.3) is 5.97 Å². The third-order valence-corrected chi connectivity index (χ3v) is 1.02. The number of ether oxygens (including phenoxy) is 1. The minimum absolute atomic E-state index is 0.00704. The Hall–Kier alpha value is -2.17. The first-order valence-electron chi connectivity index (χ1n) is 5.31. The summed E-state index contributed by atoms with van der Waals surface area (Å²) in [7, 11) is 0. The molecule has 0 fully saturated rings. The summed E-state index contributed by atoms with van der Waals surface area (Å²) in [5.74, 6) is -3.58.